The SMILES string of the molecule is CN1C(=O)c2ccccc2C1C(=O)NCc1ccc(Cl)cc1Cl. The molecule has 4 nitrogen and oxygen atoms in total. The molecule has 2 aromatic rings. The van der Waals surface area contributed by atoms with Crippen molar-refractivity contribution in [2.45, 2.75) is 12.6 Å². The molecule has 6 heteroatoms. The van der Waals surface area contributed by atoms with E-state index in [2.05, 4.69) is 5.32 Å². The van der Waals surface area contributed by atoms with E-state index in [9.17, 15) is 9.59 Å². The highest BCUT2D eigenvalue weighted by Crippen LogP contribution is 2.32. The largest absolute Gasteiger partial charge is 0.350 e. The maximum atomic E-state index is 12.5. The second-order valence-corrected chi connectivity index (χ2v) is 6.20. The molecule has 0 bridgehead atoms. The Morgan fingerprint density at radius 1 is 1.22 bits per heavy atom. The molecule has 118 valence electrons. The third-order valence-corrected chi connectivity index (χ3v) is 4.50. The number of halogens is 2. The number of nitrogens with one attached hydrogen (secondary N) is 1. The maximum absolute atomic E-state index is 12.5. The molecule has 0 radical (unpaired) electrons. The van der Waals surface area contributed by atoms with Crippen LogP contribution in [0.1, 0.15) is 27.5 Å². The van der Waals surface area contributed by atoms with Crippen molar-refractivity contribution in [3.63, 3.8) is 0 Å². The van der Waals surface area contributed by atoms with Gasteiger partial charge in [-0.1, -0.05) is 47.5 Å². The van der Waals surface area contributed by atoms with Crippen LogP contribution in [0.25, 0.3) is 0 Å². The minimum absolute atomic E-state index is 0.148. The Bertz CT molecular complexity index is 792. The lowest BCUT2D eigenvalue weighted by atomic mass is 10.0. The summed E-state index contributed by atoms with van der Waals surface area (Å²) in [5.74, 6) is -0.387. The van der Waals surface area contributed by atoms with Crippen LogP contribution in [-0.2, 0) is 11.3 Å². The van der Waals surface area contributed by atoms with Gasteiger partial charge in [0.05, 0.1) is 0 Å². The van der Waals surface area contributed by atoms with Crippen molar-refractivity contribution >= 4 is 35.0 Å². The average Bonchev–Trinajstić information content (AvgIpc) is 2.78. The summed E-state index contributed by atoms with van der Waals surface area (Å²) in [5, 5.41) is 3.87. The summed E-state index contributed by atoms with van der Waals surface area (Å²) in [6, 6.07) is 11.6. The predicted molar refractivity (Wildman–Crippen MR) is 89.6 cm³/mol. The summed E-state index contributed by atoms with van der Waals surface area (Å²) in [5.41, 5.74) is 2.06. The van der Waals surface area contributed by atoms with Gasteiger partial charge >= 0.3 is 0 Å². The molecule has 2 aromatic carbocycles. The molecule has 1 unspecified atom stereocenters. The summed E-state index contributed by atoms with van der Waals surface area (Å²) in [6.45, 7) is 0.273. The molecule has 1 aliphatic rings. The number of likely N-dealkylation sites (N-methyl/N-ethyl adjacent to an activating group) is 1. The lowest BCUT2D eigenvalue weighted by molar-refractivity contribution is -0.125. The molecule has 3 rings (SSSR count). The molecule has 0 aromatic heterocycles. The number of rotatable bonds is 3. The van der Waals surface area contributed by atoms with Crippen LogP contribution in [0.3, 0.4) is 0 Å². The van der Waals surface area contributed by atoms with Gasteiger partial charge in [0.2, 0.25) is 5.91 Å². The number of carbonyl (C=O) groups is 2. The van der Waals surface area contributed by atoms with Crippen LogP contribution in [-0.4, -0.2) is 23.8 Å². The minimum Gasteiger partial charge on any atom is -0.350 e. The van der Waals surface area contributed by atoms with Gasteiger partial charge in [0.15, 0.2) is 0 Å². The lowest BCUT2D eigenvalue weighted by Crippen LogP contribution is -2.36. The highest BCUT2D eigenvalue weighted by molar-refractivity contribution is 6.35. The van der Waals surface area contributed by atoms with Crippen molar-refractivity contribution in [1.29, 1.82) is 0 Å². The number of carbonyl (C=O) groups excluding carboxylic acids is 2. The fourth-order valence-corrected chi connectivity index (χ4v) is 3.18. The molecule has 1 aliphatic heterocycles. The molecular weight excluding hydrogens is 335 g/mol. The highest BCUT2D eigenvalue weighted by Gasteiger charge is 2.38. The molecule has 0 aliphatic carbocycles. The summed E-state index contributed by atoms with van der Waals surface area (Å²) < 4.78 is 0. The van der Waals surface area contributed by atoms with Gasteiger partial charge < -0.3 is 10.2 Å². The van der Waals surface area contributed by atoms with Gasteiger partial charge in [-0.15, -0.1) is 0 Å². The van der Waals surface area contributed by atoms with Gasteiger partial charge in [-0.25, -0.2) is 0 Å². The zero-order chi connectivity index (χ0) is 16.6. The molecule has 23 heavy (non-hydrogen) atoms. The third kappa shape index (κ3) is 2.92. The Labute approximate surface area is 144 Å². The van der Waals surface area contributed by atoms with E-state index in [4.69, 9.17) is 23.2 Å². The normalized spacial score (nSPS) is 16.4. The number of nitrogens with zero attached hydrogens (tertiary/aromatic N) is 1. The number of amides is 2. The fourth-order valence-electron chi connectivity index (χ4n) is 2.71. The first kappa shape index (κ1) is 15.8. The van der Waals surface area contributed by atoms with E-state index < -0.39 is 6.04 Å². The maximum Gasteiger partial charge on any atom is 0.254 e. The lowest BCUT2D eigenvalue weighted by Gasteiger charge is -2.20. The summed E-state index contributed by atoms with van der Waals surface area (Å²) in [7, 11) is 1.63. The van der Waals surface area contributed by atoms with Crippen molar-refractivity contribution in [1.82, 2.24) is 10.2 Å². The van der Waals surface area contributed by atoms with E-state index in [1.807, 2.05) is 6.07 Å². The molecule has 1 atom stereocenters. The van der Waals surface area contributed by atoms with Crippen molar-refractivity contribution in [2.24, 2.45) is 0 Å². The van der Waals surface area contributed by atoms with Gasteiger partial charge in [0.25, 0.3) is 5.91 Å². The van der Waals surface area contributed by atoms with Crippen molar-refractivity contribution in [3.05, 3.63) is 69.2 Å². The standard InChI is InChI=1S/C17H14Cl2N2O2/c1-21-15(12-4-2-3-5-13(12)17(21)23)16(22)20-9-10-6-7-11(18)8-14(10)19/h2-8,15H,9H2,1H3,(H,20,22). The fraction of sp³-hybridized carbons (Fsp3) is 0.176. The monoisotopic (exact) mass is 348 g/mol. The Balaban J connectivity index is 1.77. The van der Waals surface area contributed by atoms with E-state index >= 15 is 0 Å². The Hall–Kier alpha value is -2.04. The Morgan fingerprint density at radius 2 is 1.96 bits per heavy atom. The van der Waals surface area contributed by atoms with E-state index in [0.717, 1.165) is 11.1 Å². The zero-order valence-electron chi connectivity index (χ0n) is 12.3. The van der Waals surface area contributed by atoms with E-state index in [1.54, 1.807) is 43.4 Å². The molecule has 0 fully saturated rings. The van der Waals surface area contributed by atoms with Crippen LogP contribution in [0.15, 0.2) is 42.5 Å². The summed E-state index contributed by atoms with van der Waals surface area (Å²) in [6.07, 6.45) is 0. The van der Waals surface area contributed by atoms with Gasteiger partial charge in [0, 0.05) is 29.2 Å². The quantitative estimate of drug-likeness (QED) is 0.923. The first-order valence-electron chi connectivity index (χ1n) is 7.07. The number of hydrogen-bond donors (Lipinski definition) is 1. The van der Waals surface area contributed by atoms with Crippen LogP contribution in [0.2, 0.25) is 10.0 Å². The zero-order valence-corrected chi connectivity index (χ0v) is 13.9. The highest BCUT2D eigenvalue weighted by atomic mass is 35.5. The first-order chi connectivity index (χ1) is 11.0. The molecular formula is C17H14Cl2N2O2. The Kier molecular flexibility index (Phi) is 4.28. The molecule has 1 N–H and O–H groups in total. The number of benzene rings is 2. The number of fused-ring (bicyclic) bond motifs is 1. The van der Waals surface area contributed by atoms with Crippen LogP contribution in [0, 0.1) is 0 Å². The number of hydrogen-bond acceptors (Lipinski definition) is 2. The van der Waals surface area contributed by atoms with Crippen LogP contribution >= 0.6 is 23.2 Å². The average molecular weight is 349 g/mol. The smallest absolute Gasteiger partial charge is 0.254 e. The minimum atomic E-state index is -0.621. The van der Waals surface area contributed by atoms with Crippen LogP contribution < -0.4 is 5.32 Å². The van der Waals surface area contributed by atoms with E-state index in [-0.39, 0.29) is 18.4 Å². The molecule has 0 saturated carbocycles. The van der Waals surface area contributed by atoms with Gasteiger partial charge in [0.1, 0.15) is 6.04 Å². The molecule has 2 amide bonds. The van der Waals surface area contributed by atoms with Crippen molar-refractivity contribution < 1.29 is 9.59 Å². The Morgan fingerprint density at radius 3 is 2.70 bits per heavy atom. The first-order valence-corrected chi connectivity index (χ1v) is 7.82. The van der Waals surface area contributed by atoms with Crippen molar-refractivity contribution in [3.8, 4) is 0 Å². The van der Waals surface area contributed by atoms with Gasteiger partial charge in [-0.2, -0.15) is 0 Å². The summed E-state index contributed by atoms with van der Waals surface area (Å²) in [4.78, 5) is 26.2. The van der Waals surface area contributed by atoms with Gasteiger partial charge in [-0.3, -0.25) is 9.59 Å². The van der Waals surface area contributed by atoms with Crippen LogP contribution in [0.4, 0.5) is 0 Å². The van der Waals surface area contributed by atoms with Gasteiger partial charge in [-0.05, 0) is 29.3 Å². The molecule has 0 saturated heterocycles. The van der Waals surface area contributed by atoms with E-state index in [1.165, 1.54) is 4.90 Å². The topological polar surface area (TPSA) is 49.4 Å². The van der Waals surface area contributed by atoms with Crippen LogP contribution in [0.5, 0.6) is 0 Å². The second-order valence-electron chi connectivity index (χ2n) is 5.36. The van der Waals surface area contributed by atoms with E-state index in [0.29, 0.717) is 15.6 Å². The predicted octanol–water partition coefficient (Wildman–Crippen LogP) is 3.44. The molecule has 0 spiro atoms. The molecule has 1 heterocycles. The second kappa shape index (κ2) is 6.22. The van der Waals surface area contributed by atoms with Crippen molar-refractivity contribution in [2.75, 3.05) is 7.05 Å². The third-order valence-electron chi connectivity index (χ3n) is 3.91. The summed E-state index contributed by atoms with van der Waals surface area (Å²) >= 11 is 12.0.